The van der Waals surface area contributed by atoms with Gasteiger partial charge in [-0.05, 0) is 65.7 Å². The molecule has 1 aliphatic heterocycles. The molecule has 5 nitrogen and oxygen atoms in total. The van der Waals surface area contributed by atoms with Crippen molar-refractivity contribution >= 4 is 39.1 Å². The van der Waals surface area contributed by atoms with Crippen molar-refractivity contribution in [1.82, 2.24) is 9.88 Å². The maximum atomic E-state index is 13.6. The van der Waals surface area contributed by atoms with Crippen molar-refractivity contribution in [2.24, 2.45) is 11.7 Å². The summed E-state index contributed by atoms with van der Waals surface area (Å²) >= 11 is 4.58. The summed E-state index contributed by atoms with van der Waals surface area (Å²) in [5.41, 5.74) is 6.63. The van der Waals surface area contributed by atoms with E-state index in [1.165, 1.54) is 17.4 Å². The summed E-state index contributed by atoms with van der Waals surface area (Å²) in [6, 6.07) is 4.11. The number of likely N-dealkylation sites (tertiary alicyclic amines) is 1. The van der Waals surface area contributed by atoms with Crippen LogP contribution in [0, 0.1) is 18.7 Å². The molecule has 1 saturated heterocycles. The molecule has 0 spiro atoms. The van der Waals surface area contributed by atoms with Crippen molar-refractivity contribution in [3.05, 3.63) is 39.2 Å². The Hall–Kier alpha value is -1.80. The van der Waals surface area contributed by atoms with Gasteiger partial charge in [0.2, 0.25) is 5.91 Å². The summed E-state index contributed by atoms with van der Waals surface area (Å²) in [5.74, 6) is -0.756. The first-order chi connectivity index (χ1) is 12.9. The first-order valence-electron chi connectivity index (χ1n) is 8.91. The monoisotopic (exact) mass is 451 g/mol. The molecule has 0 bridgehead atoms. The summed E-state index contributed by atoms with van der Waals surface area (Å²) in [4.78, 5) is 32.2. The predicted molar refractivity (Wildman–Crippen MR) is 105 cm³/mol. The number of thiazole rings is 1. The number of nitrogens with two attached hydrogens (primary N) is 1. The number of amides is 2. The predicted octanol–water partition coefficient (Wildman–Crippen LogP) is 3.89. The van der Waals surface area contributed by atoms with E-state index in [2.05, 4.69) is 20.9 Å². The number of aryl methyl sites for hydroxylation is 1. The van der Waals surface area contributed by atoms with Crippen LogP contribution in [0.25, 0.3) is 10.4 Å². The molecular formula is C19H19BrFN3O2S. The van der Waals surface area contributed by atoms with E-state index >= 15 is 0 Å². The van der Waals surface area contributed by atoms with Gasteiger partial charge in [-0.1, -0.05) is 12.5 Å². The van der Waals surface area contributed by atoms with Gasteiger partial charge in [-0.2, -0.15) is 0 Å². The number of hydrogen-bond acceptors (Lipinski definition) is 4. The molecule has 0 radical (unpaired) electrons. The Morgan fingerprint density at radius 3 is 2.85 bits per heavy atom. The van der Waals surface area contributed by atoms with E-state index in [1.807, 2.05) is 6.92 Å². The number of carbonyl (C=O) groups is 2. The van der Waals surface area contributed by atoms with Crippen LogP contribution in [-0.2, 0) is 4.79 Å². The number of carbonyl (C=O) groups excluding carboxylic acids is 2. The Bertz CT molecular complexity index is 932. The molecule has 2 aromatic rings. The largest absolute Gasteiger partial charge is 0.368 e. The Balaban J connectivity index is 1.75. The third-order valence-electron chi connectivity index (χ3n) is 5.52. The molecular weight excluding hydrogens is 433 g/mol. The van der Waals surface area contributed by atoms with Gasteiger partial charge in [0.1, 0.15) is 17.6 Å². The Labute approximate surface area is 168 Å². The van der Waals surface area contributed by atoms with Crippen LogP contribution >= 0.6 is 27.3 Å². The molecule has 2 aliphatic rings. The van der Waals surface area contributed by atoms with Gasteiger partial charge in [-0.3, -0.25) is 9.59 Å². The fourth-order valence-electron chi connectivity index (χ4n) is 4.36. The highest BCUT2D eigenvalue weighted by atomic mass is 79.9. The minimum atomic E-state index is -0.581. The summed E-state index contributed by atoms with van der Waals surface area (Å²) in [7, 11) is 0. The summed E-state index contributed by atoms with van der Waals surface area (Å²) < 4.78 is 14.0. The van der Waals surface area contributed by atoms with Gasteiger partial charge in [0.05, 0.1) is 14.4 Å². The third kappa shape index (κ3) is 3.18. The van der Waals surface area contributed by atoms with Crippen LogP contribution in [0.2, 0.25) is 0 Å². The smallest absolute Gasteiger partial charge is 0.274 e. The maximum Gasteiger partial charge on any atom is 0.274 e. The van der Waals surface area contributed by atoms with E-state index in [4.69, 9.17) is 5.73 Å². The highest BCUT2D eigenvalue weighted by molar-refractivity contribution is 9.10. The van der Waals surface area contributed by atoms with Gasteiger partial charge < -0.3 is 10.6 Å². The molecule has 0 unspecified atom stereocenters. The summed E-state index contributed by atoms with van der Waals surface area (Å²) in [6.45, 7) is 1.83. The van der Waals surface area contributed by atoms with Crippen LogP contribution in [-0.4, -0.2) is 33.8 Å². The zero-order chi connectivity index (χ0) is 19.3. The standard InChI is InChI=1S/C19H19BrFN3O2S/c1-9-23-16(17(27-9)11-5-6-13(21)12(20)7-11)19(26)24-14-4-2-3-10(14)8-15(24)18(22)25/h5-7,10,14-15H,2-4,8H2,1H3,(H2,22,25)/t10-,14-,15-/m0/s1. The van der Waals surface area contributed by atoms with Crippen molar-refractivity contribution < 1.29 is 14.0 Å². The minimum absolute atomic E-state index is 0.0461. The van der Waals surface area contributed by atoms with Crippen molar-refractivity contribution in [2.75, 3.05) is 0 Å². The van der Waals surface area contributed by atoms with Crippen LogP contribution in [0.4, 0.5) is 4.39 Å². The Kier molecular flexibility index (Phi) is 4.80. The average molecular weight is 452 g/mol. The van der Waals surface area contributed by atoms with Crippen LogP contribution in [0.15, 0.2) is 22.7 Å². The molecule has 1 saturated carbocycles. The van der Waals surface area contributed by atoms with Gasteiger partial charge in [0, 0.05) is 6.04 Å². The van der Waals surface area contributed by atoms with E-state index in [0.29, 0.717) is 27.4 Å². The van der Waals surface area contributed by atoms with Crippen molar-refractivity contribution in [3.8, 4) is 10.4 Å². The Morgan fingerprint density at radius 2 is 2.15 bits per heavy atom. The average Bonchev–Trinajstić information content (AvgIpc) is 3.30. The minimum Gasteiger partial charge on any atom is -0.368 e. The van der Waals surface area contributed by atoms with Crippen LogP contribution in [0.3, 0.4) is 0 Å². The van der Waals surface area contributed by atoms with Gasteiger partial charge in [0.25, 0.3) is 5.91 Å². The number of aromatic nitrogens is 1. The van der Waals surface area contributed by atoms with Crippen molar-refractivity contribution in [1.29, 1.82) is 0 Å². The number of primary amides is 1. The molecule has 3 atom stereocenters. The SMILES string of the molecule is Cc1nc(C(=O)N2[C@H](C(N)=O)C[C@@H]3CCC[C@@H]32)c(-c2ccc(F)c(Br)c2)s1. The third-order valence-corrected chi connectivity index (χ3v) is 7.15. The van der Waals surface area contributed by atoms with E-state index < -0.39 is 11.9 Å². The van der Waals surface area contributed by atoms with Crippen LogP contribution in [0.1, 0.15) is 41.2 Å². The second-order valence-corrected chi connectivity index (χ2v) is 9.22. The highest BCUT2D eigenvalue weighted by Crippen LogP contribution is 2.43. The van der Waals surface area contributed by atoms with Gasteiger partial charge in [-0.25, -0.2) is 9.37 Å². The highest BCUT2D eigenvalue weighted by Gasteiger charge is 2.49. The lowest BCUT2D eigenvalue weighted by atomic mass is 10.0. The zero-order valence-corrected chi connectivity index (χ0v) is 17.1. The number of nitrogens with zero attached hydrogens (tertiary/aromatic N) is 2. The number of rotatable bonds is 3. The van der Waals surface area contributed by atoms with E-state index in [0.717, 1.165) is 29.8 Å². The van der Waals surface area contributed by atoms with Crippen LogP contribution < -0.4 is 5.73 Å². The molecule has 1 aliphatic carbocycles. The van der Waals surface area contributed by atoms with Gasteiger partial charge >= 0.3 is 0 Å². The molecule has 1 aromatic carbocycles. The van der Waals surface area contributed by atoms with Crippen LogP contribution in [0.5, 0.6) is 0 Å². The Morgan fingerprint density at radius 1 is 1.37 bits per heavy atom. The first kappa shape index (κ1) is 18.6. The second-order valence-electron chi connectivity index (χ2n) is 7.16. The van der Waals surface area contributed by atoms with Crippen molar-refractivity contribution in [3.63, 3.8) is 0 Å². The zero-order valence-electron chi connectivity index (χ0n) is 14.7. The molecule has 2 fully saturated rings. The fourth-order valence-corrected chi connectivity index (χ4v) is 5.65. The van der Waals surface area contributed by atoms with E-state index in [1.54, 1.807) is 17.0 Å². The number of fused-ring (bicyclic) bond motifs is 1. The number of hydrogen-bond donors (Lipinski definition) is 1. The molecule has 27 heavy (non-hydrogen) atoms. The molecule has 4 rings (SSSR count). The number of benzene rings is 1. The topological polar surface area (TPSA) is 76.3 Å². The van der Waals surface area contributed by atoms with Gasteiger partial charge in [0.15, 0.2) is 0 Å². The normalized spacial score (nSPS) is 24.3. The maximum absolute atomic E-state index is 13.6. The van der Waals surface area contributed by atoms with E-state index in [-0.39, 0.29) is 17.8 Å². The molecule has 2 N–H and O–H groups in total. The number of halogens is 2. The molecule has 142 valence electrons. The molecule has 2 amide bonds. The van der Waals surface area contributed by atoms with E-state index in [9.17, 15) is 14.0 Å². The van der Waals surface area contributed by atoms with Crippen molar-refractivity contribution in [2.45, 2.75) is 44.7 Å². The quantitative estimate of drug-likeness (QED) is 0.768. The van der Waals surface area contributed by atoms with Gasteiger partial charge in [-0.15, -0.1) is 11.3 Å². The molecule has 2 heterocycles. The lowest BCUT2D eigenvalue weighted by molar-refractivity contribution is -0.122. The lowest BCUT2D eigenvalue weighted by Gasteiger charge is -2.28. The fraction of sp³-hybridized carbons (Fsp3) is 0.421. The summed E-state index contributed by atoms with van der Waals surface area (Å²) in [5, 5.41) is 0.742. The lowest BCUT2D eigenvalue weighted by Crippen LogP contribution is -2.47. The second kappa shape index (κ2) is 6.98. The summed E-state index contributed by atoms with van der Waals surface area (Å²) in [6.07, 6.45) is 3.59. The first-order valence-corrected chi connectivity index (χ1v) is 10.5. The molecule has 1 aromatic heterocycles. The molecule has 8 heteroatoms.